The summed E-state index contributed by atoms with van der Waals surface area (Å²) in [4.78, 5) is 26.6. The van der Waals surface area contributed by atoms with Gasteiger partial charge in [0, 0.05) is 22.2 Å². The lowest BCUT2D eigenvalue weighted by molar-refractivity contribution is -0.122. The molecule has 0 spiro atoms. The first-order chi connectivity index (χ1) is 12.1. The van der Waals surface area contributed by atoms with E-state index in [-0.39, 0.29) is 24.2 Å². The molecular formula is C19H19IN2O3. The molecule has 2 aromatic carbocycles. The van der Waals surface area contributed by atoms with Crippen LogP contribution in [0.1, 0.15) is 13.3 Å². The number of para-hydroxylation sites is 2. The molecule has 1 N–H and O–H groups in total. The minimum atomic E-state index is -0.374. The van der Waals surface area contributed by atoms with E-state index < -0.39 is 0 Å². The minimum absolute atomic E-state index is 0.0603. The number of carbonyl (C=O) groups excluding carboxylic acids is 2. The maximum atomic E-state index is 12.5. The molecule has 2 amide bonds. The molecule has 3 rings (SSSR count). The van der Waals surface area contributed by atoms with E-state index in [0.717, 1.165) is 14.9 Å². The molecule has 0 aromatic heterocycles. The number of benzene rings is 2. The Labute approximate surface area is 160 Å². The van der Waals surface area contributed by atoms with Crippen LogP contribution in [0.4, 0.5) is 11.4 Å². The van der Waals surface area contributed by atoms with Crippen molar-refractivity contribution in [2.45, 2.75) is 13.3 Å². The highest BCUT2D eigenvalue weighted by Crippen LogP contribution is 2.33. The molecule has 25 heavy (non-hydrogen) atoms. The summed E-state index contributed by atoms with van der Waals surface area (Å²) in [5, 5.41) is 2.89. The SMILES string of the molecule is CCOc1ccccc1N1C[C@H](C(=O)Nc2ccc(I)cc2)CC1=O. The molecule has 0 saturated carbocycles. The number of halogens is 1. The molecule has 1 fully saturated rings. The van der Waals surface area contributed by atoms with Crippen LogP contribution in [0.2, 0.25) is 0 Å². The van der Waals surface area contributed by atoms with Gasteiger partial charge in [0.1, 0.15) is 5.75 Å². The van der Waals surface area contributed by atoms with Gasteiger partial charge in [0.15, 0.2) is 0 Å². The fraction of sp³-hybridized carbons (Fsp3) is 0.263. The first kappa shape index (κ1) is 17.7. The number of ether oxygens (including phenoxy) is 1. The van der Waals surface area contributed by atoms with Crippen molar-refractivity contribution in [3.05, 3.63) is 52.1 Å². The molecule has 1 atom stereocenters. The molecular weight excluding hydrogens is 431 g/mol. The number of hydrogen-bond donors (Lipinski definition) is 1. The van der Waals surface area contributed by atoms with Crippen molar-refractivity contribution in [3.63, 3.8) is 0 Å². The molecule has 5 nitrogen and oxygen atoms in total. The first-order valence-corrected chi connectivity index (χ1v) is 9.25. The van der Waals surface area contributed by atoms with E-state index in [1.54, 1.807) is 4.90 Å². The Hall–Kier alpha value is -2.09. The normalized spacial score (nSPS) is 16.8. The summed E-state index contributed by atoms with van der Waals surface area (Å²) in [5.74, 6) is 0.0966. The van der Waals surface area contributed by atoms with Gasteiger partial charge in [0.25, 0.3) is 0 Å². The van der Waals surface area contributed by atoms with E-state index in [1.165, 1.54) is 0 Å². The lowest BCUT2D eigenvalue weighted by Gasteiger charge is -2.20. The molecule has 1 saturated heterocycles. The zero-order chi connectivity index (χ0) is 17.8. The predicted molar refractivity (Wildman–Crippen MR) is 106 cm³/mol. The fourth-order valence-corrected chi connectivity index (χ4v) is 3.21. The van der Waals surface area contributed by atoms with Crippen LogP contribution in [-0.4, -0.2) is 25.0 Å². The van der Waals surface area contributed by atoms with Gasteiger partial charge in [-0.15, -0.1) is 0 Å². The average Bonchev–Trinajstić information content (AvgIpc) is 2.99. The van der Waals surface area contributed by atoms with Gasteiger partial charge in [-0.25, -0.2) is 0 Å². The third kappa shape index (κ3) is 4.12. The lowest BCUT2D eigenvalue weighted by Crippen LogP contribution is -2.28. The zero-order valence-electron chi connectivity index (χ0n) is 13.9. The molecule has 1 heterocycles. The number of rotatable bonds is 5. The molecule has 0 radical (unpaired) electrons. The van der Waals surface area contributed by atoms with Crippen LogP contribution in [0, 0.1) is 9.49 Å². The quantitative estimate of drug-likeness (QED) is 0.708. The van der Waals surface area contributed by atoms with Crippen LogP contribution in [0.15, 0.2) is 48.5 Å². The molecule has 1 aliphatic rings. The molecule has 2 aromatic rings. The number of nitrogens with zero attached hydrogens (tertiary/aromatic N) is 1. The van der Waals surface area contributed by atoms with Crippen molar-refractivity contribution in [1.82, 2.24) is 0 Å². The van der Waals surface area contributed by atoms with Gasteiger partial charge in [-0.05, 0) is 65.9 Å². The van der Waals surface area contributed by atoms with E-state index in [2.05, 4.69) is 27.9 Å². The predicted octanol–water partition coefficient (Wildman–Crippen LogP) is 3.68. The Morgan fingerprint density at radius 2 is 1.96 bits per heavy atom. The smallest absolute Gasteiger partial charge is 0.229 e. The van der Waals surface area contributed by atoms with Gasteiger partial charge >= 0.3 is 0 Å². The lowest BCUT2D eigenvalue weighted by atomic mass is 10.1. The van der Waals surface area contributed by atoms with Crippen LogP contribution < -0.4 is 15.0 Å². The van der Waals surface area contributed by atoms with Crippen molar-refractivity contribution in [1.29, 1.82) is 0 Å². The van der Waals surface area contributed by atoms with E-state index >= 15 is 0 Å². The van der Waals surface area contributed by atoms with Gasteiger partial charge in [-0.2, -0.15) is 0 Å². The van der Waals surface area contributed by atoms with E-state index in [9.17, 15) is 9.59 Å². The van der Waals surface area contributed by atoms with Crippen LogP contribution >= 0.6 is 22.6 Å². The van der Waals surface area contributed by atoms with Crippen LogP contribution in [0.5, 0.6) is 5.75 Å². The number of hydrogen-bond acceptors (Lipinski definition) is 3. The maximum absolute atomic E-state index is 12.5. The Morgan fingerprint density at radius 3 is 2.68 bits per heavy atom. The Kier molecular flexibility index (Phi) is 5.57. The van der Waals surface area contributed by atoms with E-state index in [1.807, 2.05) is 55.5 Å². The summed E-state index contributed by atoms with van der Waals surface area (Å²) < 4.78 is 6.71. The van der Waals surface area contributed by atoms with E-state index in [0.29, 0.717) is 18.9 Å². The number of carbonyl (C=O) groups is 2. The maximum Gasteiger partial charge on any atom is 0.229 e. The summed E-state index contributed by atoms with van der Waals surface area (Å²) in [6.07, 6.45) is 0.205. The standard InChI is InChI=1S/C19H19IN2O3/c1-2-25-17-6-4-3-5-16(17)22-12-13(11-18(22)23)19(24)21-15-9-7-14(20)8-10-15/h3-10,13H,2,11-12H2,1H3,(H,21,24)/t13-/m1/s1. The first-order valence-electron chi connectivity index (χ1n) is 8.17. The van der Waals surface area contributed by atoms with Gasteiger partial charge in [0.2, 0.25) is 11.8 Å². The van der Waals surface area contributed by atoms with Crippen LogP contribution in [0.3, 0.4) is 0 Å². The monoisotopic (exact) mass is 450 g/mol. The average molecular weight is 450 g/mol. The molecule has 130 valence electrons. The summed E-state index contributed by atoms with van der Waals surface area (Å²) >= 11 is 2.21. The highest BCUT2D eigenvalue weighted by atomic mass is 127. The topological polar surface area (TPSA) is 58.6 Å². The molecule has 6 heteroatoms. The number of nitrogens with one attached hydrogen (secondary N) is 1. The summed E-state index contributed by atoms with van der Waals surface area (Å²) in [6.45, 7) is 2.79. The summed E-state index contributed by atoms with van der Waals surface area (Å²) in [5.41, 5.74) is 1.46. The van der Waals surface area contributed by atoms with Gasteiger partial charge in [0.05, 0.1) is 18.2 Å². The summed E-state index contributed by atoms with van der Waals surface area (Å²) in [6, 6.07) is 15.0. The molecule has 0 bridgehead atoms. The van der Waals surface area contributed by atoms with Crippen LogP contribution in [0.25, 0.3) is 0 Å². The second-order valence-corrected chi connectivity index (χ2v) is 7.05. The Morgan fingerprint density at radius 1 is 1.24 bits per heavy atom. The highest BCUT2D eigenvalue weighted by molar-refractivity contribution is 14.1. The van der Waals surface area contributed by atoms with Crippen molar-refractivity contribution in [3.8, 4) is 5.75 Å². The minimum Gasteiger partial charge on any atom is -0.492 e. The Balaban J connectivity index is 1.72. The van der Waals surface area contributed by atoms with Crippen LogP contribution in [-0.2, 0) is 9.59 Å². The second kappa shape index (κ2) is 7.86. The number of anilines is 2. The number of amides is 2. The largest absolute Gasteiger partial charge is 0.492 e. The molecule has 1 aliphatic heterocycles. The van der Waals surface area contributed by atoms with Crippen molar-refractivity contribution >= 4 is 45.8 Å². The Bertz CT molecular complexity index is 776. The van der Waals surface area contributed by atoms with Crippen molar-refractivity contribution in [2.75, 3.05) is 23.4 Å². The second-order valence-electron chi connectivity index (χ2n) is 5.80. The third-order valence-electron chi connectivity index (χ3n) is 4.06. The van der Waals surface area contributed by atoms with E-state index in [4.69, 9.17) is 4.74 Å². The third-order valence-corrected chi connectivity index (χ3v) is 4.78. The van der Waals surface area contributed by atoms with Crippen molar-refractivity contribution in [2.24, 2.45) is 5.92 Å². The summed E-state index contributed by atoms with van der Waals surface area (Å²) in [7, 11) is 0. The molecule has 0 unspecified atom stereocenters. The van der Waals surface area contributed by atoms with Gasteiger partial charge < -0.3 is 15.0 Å². The van der Waals surface area contributed by atoms with Gasteiger partial charge in [-0.1, -0.05) is 12.1 Å². The van der Waals surface area contributed by atoms with Gasteiger partial charge in [-0.3, -0.25) is 9.59 Å². The zero-order valence-corrected chi connectivity index (χ0v) is 16.0. The molecule has 0 aliphatic carbocycles. The highest BCUT2D eigenvalue weighted by Gasteiger charge is 2.36. The fourth-order valence-electron chi connectivity index (χ4n) is 2.85. The van der Waals surface area contributed by atoms with Crippen molar-refractivity contribution < 1.29 is 14.3 Å².